The first kappa shape index (κ1) is 18.5. The summed E-state index contributed by atoms with van der Waals surface area (Å²) in [5, 5.41) is 7.13. The van der Waals surface area contributed by atoms with Crippen LogP contribution in [-0.4, -0.2) is 51.1 Å². The van der Waals surface area contributed by atoms with Crippen LogP contribution in [0.4, 0.5) is 5.95 Å². The fourth-order valence-electron chi connectivity index (χ4n) is 3.09. The van der Waals surface area contributed by atoms with Crippen molar-refractivity contribution in [2.24, 2.45) is 0 Å². The summed E-state index contributed by atoms with van der Waals surface area (Å²) in [5.74, 6) is 1.18. The van der Waals surface area contributed by atoms with E-state index in [1.54, 1.807) is 18.6 Å². The minimum absolute atomic E-state index is 0.0815. The van der Waals surface area contributed by atoms with E-state index in [1.165, 1.54) is 0 Å². The van der Waals surface area contributed by atoms with E-state index in [1.807, 2.05) is 20.8 Å². The van der Waals surface area contributed by atoms with Gasteiger partial charge in [-0.1, -0.05) is 5.16 Å². The molecule has 0 aromatic carbocycles. The zero-order valence-corrected chi connectivity index (χ0v) is 16.6. The van der Waals surface area contributed by atoms with Gasteiger partial charge in [-0.2, -0.15) is 0 Å². The molecule has 1 saturated heterocycles. The predicted octanol–water partition coefficient (Wildman–Crippen LogP) is 2.11. The fraction of sp³-hybridized carbons (Fsp3) is 0.389. The van der Waals surface area contributed by atoms with Gasteiger partial charge in [0.15, 0.2) is 15.6 Å². The lowest BCUT2D eigenvalue weighted by molar-refractivity contribution is 0.426. The Labute approximate surface area is 162 Å². The Balaban J connectivity index is 1.76. The van der Waals surface area contributed by atoms with Crippen LogP contribution in [0.2, 0.25) is 0 Å². The molecule has 4 heterocycles. The van der Waals surface area contributed by atoms with E-state index < -0.39 is 9.84 Å². The van der Waals surface area contributed by atoms with Crippen LogP contribution in [0.25, 0.3) is 22.7 Å². The minimum Gasteiger partial charge on any atom is -0.356 e. The van der Waals surface area contributed by atoms with Crippen LogP contribution in [0.15, 0.2) is 23.1 Å². The number of aryl methyl sites for hydroxylation is 2. The second kappa shape index (κ2) is 6.93. The van der Waals surface area contributed by atoms with Gasteiger partial charge in [-0.05, 0) is 27.2 Å². The third-order valence-corrected chi connectivity index (χ3v) is 6.55. The normalized spacial score (nSPS) is 18.3. The monoisotopic (exact) mass is 400 g/mol. The first-order valence-electron chi connectivity index (χ1n) is 8.88. The molecule has 1 atom stereocenters. The Bertz CT molecular complexity index is 1120. The number of sulfone groups is 1. The molecule has 0 radical (unpaired) electrons. The molecule has 9 nitrogen and oxygen atoms in total. The molecule has 1 unspecified atom stereocenters. The maximum absolute atomic E-state index is 11.7. The summed E-state index contributed by atoms with van der Waals surface area (Å²) in [6.45, 7) is 5.64. The Kier molecular flexibility index (Phi) is 4.58. The Morgan fingerprint density at radius 2 is 1.93 bits per heavy atom. The lowest BCUT2D eigenvalue weighted by Gasteiger charge is -2.13. The average molecular weight is 400 g/mol. The summed E-state index contributed by atoms with van der Waals surface area (Å²) in [6.07, 6.45) is 5.48. The van der Waals surface area contributed by atoms with Gasteiger partial charge in [-0.15, -0.1) is 0 Å². The minimum atomic E-state index is -3.00. The van der Waals surface area contributed by atoms with E-state index in [4.69, 9.17) is 4.52 Å². The quantitative estimate of drug-likeness (QED) is 0.701. The van der Waals surface area contributed by atoms with Gasteiger partial charge >= 0.3 is 0 Å². The molecule has 1 aliphatic rings. The molecule has 0 bridgehead atoms. The van der Waals surface area contributed by atoms with Crippen LogP contribution >= 0.6 is 0 Å². The van der Waals surface area contributed by atoms with Gasteiger partial charge in [-0.25, -0.2) is 18.4 Å². The molecule has 0 spiro atoms. The van der Waals surface area contributed by atoms with Crippen molar-refractivity contribution in [2.75, 3.05) is 16.8 Å². The van der Waals surface area contributed by atoms with Gasteiger partial charge in [0.05, 0.1) is 34.7 Å². The van der Waals surface area contributed by atoms with E-state index in [0.717, 1.165) is 17.0 Å². The standard InChI is InChI=1S/C18H20N6O3S/c1-10-6-20-15(8-19-10)16-14(17-11(2)12(3)24-27-17)7-21-18(23-16)22-13-4-5-28(25,26)9-13/h6-8,13H,4-5,9H2,1-3H3,(H,21,22,23). The second-order valence-electron chi connectivity index (χ2n) is 6.97. The Morgan fingerprint density at radius 1 is 1.11 bits per heavy atom. The molecule has 4 rings (SSSR count). The van der Waals surface area contributed by atoms with Crippen LogP contribution in [0.3, 0.4) is 0 Å². The third kappa shape index (κ3) is 3.59. The molecule has 146 valence electrons. The smallest absolute Gasteiger partial charge is 0.223 e. The van der Waals surface area contributed by atoms with E-state index in [9.17, 15) is 8.42 Å². The number of nitrogens with one attached hydrogen (secondary N) is 1. The Morgan fingerprint density at radius 3 is 2.54 bits per heavy atom. The van der Waals surface area contributed by atoms with Crippen molar-refractivity contribution in [2.45, 2.75) is 33.2 Å². The molecule has 1 N–H and O–H groups in total. The molecule has 10 heteroatoms. The highest BCUT2D eigenvalue weighted by molar-refractivity contribution is 7.91. The van der Waals surface area contributed by atoms with Crippen LogP contribution in [0.5, 0.6) is 0 Å². The molecule has 0 saturated carbocycles. The van der Waals surface area contributed by atoms with E-state index in [2.05, 4.69) is 30.4 Å². The van der Waals surface area contributed by atoms with Gasteiger partial charge in [0, 0.05) is 24.0 Å². The first-order chi connectivity index (χ1) is 13.3. The molecule has 3 aromatic heterocycles. The Hall–Kier alpha value is -2.88. The van der Waals surface area contributed by atoms with Crippen molar-refractivity contribution >= 4 is 15.8 Å². The SMILES string of the molecule is Cc1cnc(-c2nc(NC3CCS(=O)(=O)C3)ncc2-c2onc(C)c2C)cn1. The van der Waals surface area contributed by atoms with Crippen LogP contribution in [0.1, 0.15) is 23.4 Å². The molecule has 0 aliphatic carbocycles. The van der Waals surface area contributed by atoms with Gasteiger partial charge in [0.1, 0.15) is 11.4 Å². The number of nitrogens with zero attached hydrogens (tertiary/aromatic N) is 5. The zero-order valence-electron chi connectivity index (χ0n) is 15.8. The molecule has 3 aromatic rings. The highest BCUT2D eigenvalue weighted by atomic mass is 32.2. The van der Waals surface area contributed by atoms with Gasteiger partial charge in [-0.3, -0.25) is 9.97 Å². The van der Waals surface area contributed by atoms with Gasteiger partial charge in [0.2, 0.25) is 5.95 Å². The molecule has 28 heavy (non-hydrogen) atoms. The van der Waals surface area contributed by atoms with Crippen molar-refractivity contribution in [1.29, 1.82) is 0 Å². The van der Waals surface area contributed by atoms with Crippen LogP contribution < -0.4 is 5.32 Å². The largest absolute Gasteiger partial charge is 0.356 e. The number of hydrogen-bond donors (Lipinski definition) is 1. The third-order valence-electron chi connectivity index (χ3n) is 4.78. The number of rotatable bonds is 4. The summed E-state index contributed by atoms with van der Waals surface area (Å²) in [5.41, 5.74) is 4.24. The van der Waals surface area contributed by atoms with Crippen molar-refractivity contribution in [3.63, 3.8) is 0 Å². The van der Waals surface area contributed by atoms with Crippen molar-refractivity contribution in [3.8, 4) is 22.7 Å². The van der Waals surface area contributed by atoms with Crippen molar-refractivity contribution in [1.82, 2.24) is 25.1 Å². The van der Waals surface area contributed by atoms with Crippen molar-refractivity contribution in [3.05, 3.63) is 35.5 Å². The van der Waals surface area contributed by atoms with Crippen molar-refractivity contribution < 1.29 is 12.9 Å². The van der Waals surface area contributed by atoms with E-state index >= 15 is 0 Å². The zero-order chi connectivity index (χ0) is 19.9. The maximum atomic E-state index is 11.7. The number of hydrogen-bond acceptors (Lipinski definition) is 9. The number of aromatic nitrogens is 5. The number of anilines is 1. The molecule has 0 amide bonds. The first-order valence-corrected chi connectivity index (χ1v) is 10.7. The fourth-order valence-corrected chi connectivity index (χ4v) is 4.76. The molecule has 1 aliphatic heterocycles. The summed E-state index contributed by atoms with van der Waals surface area (Å²) in [4.78, 5) is 17.7. The van der Waals surface area contributed by atoms with Gasteiger partial charge in [0.25, 0.3) is 0 Å². The highest BCUT2D eigenvalue weighted by Crippen LogP contribution is 2.33. The van der Waals surface area contributed by atoms with Gasteiger partial charge < -0.3 is 9.84 Å². The lowest BCUT2D eigenvalue weighted by Crippen LogP contribution is -2.22. The maximum Gasteiger partial charge on any atom is 0.223 e. The van der Waals surface area contributed by atoms with E-state index in [0.29, 0.717) is 35.1 Å². The lowest BCUT2D eigenvalue weighted by atomic mass is 10.1. The van der Waals surface area contributed by atoms with Crippen LogP contribution in [-0.2, 0) is 9.84 Å². The predicted molar refractivity (Wildman–Crippen MR) is 103 cm³/mol. The highest BCUT2D eigenvalue weighted by Gasteiger charge is 2.29. The van der Waals surface area contributed by atoms with E-state index in [-0.39, 0.29) is 17.5 Å². The summed E-state index contributed by atoms with van der Waals surface area (Å²) < 4.78 is 28.9. The molecular formula is C18H20N6O3S. The summed E-state index contributed by atoms with van der Waals surface area (Å²) in [7, 11) is -3.00. The molecule has 1 fully saturated rings. The average Bonchev–Trinajstić information content (AvgIpc) is 3.17. The molecular weight excluding hydrogens is 380 g/mol. The van der Waals surface area contributed by atoms with Crippen LogP contribution in [0, 0.1) is 20.8 Å². The second-order valence-corrected chi connectivity index (χ2v) is 9.19. The topological polar surface area (TPSA) is 124 Å². The summed E-state index contributed by atoms with van der Waals surface area (Å²) in [6, 6.07) is -0.206. The summed E-state index contributed by atoms with van der Waals surface area (Å²) >= 11 is 0.